The number of anilines is 2. The second-order valence-corrected chi connectivity index (χ2v) is 8.64. The highest BCUT2D eigenvalue weighted by Gasteiger charge is 2.26. The fourth-order valence-corrected chi connectivity index (χ4v) is 4.50. The molecule has 1 fully saturated rings. The molecule has 0 bridgehead atoms. The fourth-order valence-electron chi connectivity index (χ4n) is 4.50. The molecule has 166 valence electrons. The van der Waals surface area contributed by atoms with E-state index in [2.05, 4.69) is 38.5 Å². The van der Waals surface area contributed by atoms with E-state index in [4.69, 9.17) is 0 Å². The molecule has 0 radical (unpaired) electrons. The quantitative estimate of drug-likeness (QED) is 0.437. The SMILES string of the molecule is Cn1c(Nc2ccncc2)nc2c1c(=O)n(Cc1cc3c(C4CC4)cccc3[nH]1)c(=O)n2C. The van der Waals surface area contributed by atoms with Crippen LogP contribution < -0.4 is 16.6 Å². The molecule has 9 heteroatoms. The van der Waals surface area contributed by atoms with Crippen LogP contribution in [0.4, 0.5) is 11.6 Å². The highest BCUT2D eigenvalue weighted by atomic mass is 16.2. The van der Waals surface area contributed by atoms with Gasteiger partial charge in [-0.15, -0.1) is 0 Å². The lowest BCUT2D eigenvalue weighted by molar-refractivity contribution is 0.648. The summed E-state index contributed by atoms with van der Waals surface area (Å²) in [4.78, 5) is 38.5. The van der Waals surface area contributed by atoms with Gasteiger partial charge in [0.15, 0.2) is 11.2 Å². The van der Waals surface area contributed by atoms with Crippen molar-refractivity contribution in [1.82, 2.24) is 28.7 Å². The molecule has 5 aromatic rings. The molecule has 0 unspecified atom stereocenters. The van der Waals surface area contributed by atoms with Gasteiger partial charge >= 0.3 is 5.69 Å². The molecule has 33 heavy (non-hydrogen) atoms. The summed E-state index contributed by atoms with van der Waals surface area (Å²) in [6, 6.07) is 11.9. The monoisotopic (exact) mass is 441 g/mol. The molecule has 0 atom stereocenters. The van der Waals surface area contributed by atoms with Crippen LogP contribution in [-0.4, -0.2) is 28.7 Å². The van der Waals surface area contributed by atoms with Crippen molar-refractivity contribution in [2.75, 3.05) is 5.32 Å². The van der Waals surface area contributed by atoms with E-state index in [9.17, 15) is 9.59 Å². The zero-order chi connectivity index (χ0) is 22.7. The second-order valence-electron chi connectivity index (χ2n) is 8.64. The highest BCUT2D eigenvalue weighted by molar-refractivity contribution is 5.85. The summed E-state index contributed by atoms with van der Waals surface area (Å²) in [6.45, 7) is 0.165. The minimum Gasteiger partial charge on any atom is -0.357 e. The van der Waals surface area contributed by atoms with Gasteiger partial charge in [0.2, 0.25) is 5.95 Å². The van der Waals surface area contributed by atoms with Gasteiger partial charge in [-0.2, -0.15) is 4.98 Å². The van der Waals surface area contributed by atoms with Crippen LogP contribution in [0.25, 0.3) is 22.1 Å². The summed E-state index contributed by atoms with van der Waals surface area (Å²) in [5.41, 5.74) is 3.92. The molecule has 0 aliphatic heterocycles. The van der Waals surface area contributed by atoms with Crippen molar-refractivity contribution in [3.05, 3.63) is 80.9 Å². The van der Waals surface area contributed by atoms with Gasteiger partial charge in [-0.3, -0.25) is 18.9 Å². The number of aromatic amines is 1. The maximum absolute atomic E-state index is 13.4. The number of aromatic nitrogens is 6. The molecule has 9 nitrogen and oxygen atoms in total. The van der Waals surface area contributed by atoms with Crippen LogP contribution in [0.5, 0.6) is 0 Å². The average molecular weight is 441 g/mol. The third-order valence-electron chi connectivity index (χ3n) is 6.40. The minimum absolute atomic E-state index is 0.165. The second kappa shape index (κ2) is 7.19. The first-order valence-electron chi connectivity index (χ1n) is 10.9. The number of aryl methyl sites for hydroxylation is 2. The Labute approximate surface area is 188 Å². The van der Waals surface area contributed by atoms with Gasteiger partial charge in [0.1, 0.15) is 0 Å². The van der Waals surface area contributed by atoms with E-state index in [0.29, 0.717) is 23.0 Å². The lowest BCUT2D eigenvalue weighted by atomic mass is 10.1. The number of rotatable bonds is 5. The van der Waals surface area contributed by atoms with Crippen LogP contribution in [0.1, 0.15) is 30.0 Å². The smallest absolute Gasteiger partial charge is 0.332 e. The lowest BCUT2D eigenvalue weighted by Crippen LogP contribution is -2.39. The molecule has 0 amide bonds. The van der Waals surface area contributed by atoms with E-state index < -0.39 is 5.69 Å². The first-order chi connectivity index (χ1) is 16.0. The summed E-state index contributed by atoms with van der Waals surface area (Å²) in [6.07, 6.45) is 5.77. The number of imidazole rings is 1. The number of pyridine rings is 1. The largest absolute Gasteiger partial charge is 0.357 e. The third kappa shape index (κ3) is 3.15. The third-order valence-corrected chi connectivity index (χ3v) is 6.40. The Bertz CT molecular complexity index is 1640. The molecule has 1 aliphatic carbocycles. The van der Waals surface area contributed by atoms with Crippen molar-refractivity contribution in [1.29, 1.82) is 0 Å². The molecule has 4 aromatic heterocycles. The van der Waals surface area contributed by atoms with Crippen molar-refractivity contribution < 1.29 is 0 Å². The Morgan fingerprint density at radius 2 is 1.88 bits per heavy atom. The van der Waals surface area contributed by atoms with Crippen LogP contribution in [0.15, 0.2) is 58.4 Å². The fraction of sp³-hybridized carbons (Fsp3) is 0.250. The summed E-state index contributed by atoms with van der Waals surface area (Å²) in [5.74, 6) is 1.09. The molecule has 0 spiro atoms. The van der Waals surface area contributed by atoms with E-state index in [1.54, 1.807) is 31.1 Å². The number of H-pyrrole nitrogens is 1. The van der Waals surface area contributed by atoms with Crippen molar-refractivity contribution in [2.45, 2.75) is 25.3 Å². The highest BCUT2D eigenvalue weighted by Crippen LogP contribution is 2.43. The van der Waals surface area contributed by atoms with Gasteiger partial charge < -0.3 is 14.9 Å². The first kappa shape index (κ1) is 19.5. The van der Waals surface area contributed by atoms with Crippen LogP contribution >= 0.6 is 0 Å². The van der Waals surface area contributed by atoms with Crippen molar-refractivity contribution in [2.24, 2.45) is 14.1 Å². The molecule has 6 rings (SSSR count). The van der Waals surface area contributed by atoms with Crippen LogP contribution in [-0.2, 0) is 20.6 Å². The van der Waals surface area contributed by atoms with Gasteiger partial charge in [0, 0.05) is 48.8 Å². The topological polar surface area (TPSA) is 103 Å². The van der Waals surface area contributed by atoms with E-state index in [-0.39, 0.29) is 12.1 Å². The maximum Gasteiger partial charge on any atom is 0.332 e. The molecular weight excluding hydrogens is 418 g/mol. The Hall–Kier alpha value is -4.14. The van der Waals surface area contributed by atoms with Gasteiger partial charge in [0.25, 0.3) is 5.56 Å². The molecule has 4 heterocycles. The molecule has 0 saturated heterocycles. The van der Waals surface area contributed by atoms with E-state index >= 15 is 0 Å². The summed E-state index contributed by atoms with van der Waals surface area (Å²) in [7, 11) is 3.40. The molecule has 1 aliphatic rings. The van der Waals surface area contributed by atoms with Gasteiger partial charge in [-0.05, 0) is 48.6 Å². The van der Waals surface area contributed by atoms with Crippen LogP contribution in [0, 0.1) is 0 Å². The Balaban J connectivity index is 1.45. The summed E-state index contributed by atoms with van der Waals surface area (Å²) >= 11 is 0. The maximum atomic E-state index is 13.4. The number of hydrogen-bond acceptors (Lipinski definition) is 5. The summed E-state index contributed by atoms with van der Waals surface area (Å²) in [5, 5.41) is 4.36. The average Bonchev–Trinajstić information content (AvgIpc) is 3.50. The number of nitrogens with one attached hydrogen (secondary N) is 2. The number of fused-ring (bicyclic) bond motifs is 2. The standard InChI is InChI=1S/C24H23N7O2/c1-29-20-21(28-23(29)27-15-8-10-25-11-9-15)30(2)24(33)31(22(20)32)13-16-12-18-17(14-6-7-14)4-3-5-19(18)26-16/h3-5,8-12,14,26H,6-7,13H2,1-2H3,(H,25,27,28). The predicted molar refractivity (Wildman–Crippen MR) is 127 cm³/mol. The van der Waals surface area contributed by atoms with Crippen LogP contribution in [0.2, 0.25) is 0 Å². The number of hydrogen-bond donors (Lipinski definition) is 2. The van der Waals surface area contributed by atoms with E-state index in [1.807, 2.05) is 18.2 Å². The zero-order valence-electron chi connectivity index (χ0n) is 18.4. The van der Waals surface area contributed by atoms with E-state index in [0.717, 1.165) is 16.9 Å². The lowest BCUT2D eigenvalue weighted by Gasteiger charge is -2.08. The van der Waals surface area contributed by atoms with E-state index in [1.165, 1.54) is 32.9 Å². The molecule has 1 aromatic carbocycles. The molecular formula is C24H23N7O2. The Morgan fingerprint density at radius 3 is 2.64 bits per heavy atom. The Morgan fingerprint density at radius 1 is 1.09 bits per heavy atom. The van der Waals surface area contributed by atoms with Crippen molar-refractivity contribution in [3.8, 4) is 0 Å². The van der Waals surface area contributed by atoms with Crippen molar-refractivity contribution >= 4 is 33.7 Å². The van der Waals surface area contributed by atoms with Gasteiger partial charge in [0.05, 0.1) is 6.54 Å². The van der Waals surface area contributed by atoms with Gasteiger partial charge in [-0.25, -0.2) is 4.79 Å². The van der Waals surface area contributed by atoms with Gasteiger partial charge in [-0.1, -0.05) is 12.1 Å². The normalized spacial score (nSPS) is 13.8. The first-order valence-corrected chi connectivity index (χ1v) is 10.9. The Kier molecular flexibility index (Phi) is 4.26. The number of benzene rings is 1. The molecule has 1 saturated carbocycles. The van der Waals surface area contributed by atoms with Crippen LogP contribution in [0.3, 0.4) is 0 Å². The zero-order valence-corrected chi connectivity index (χ0v) is 18.4. The molecule has 2 N–H and O–H groups in total. The van der Waals surface area contributed by atoms with Crippen molar-refractivity contribution in [3.63, 3.8) is 0 Å². The minimum atomic E-state index is -0.401. The predicted octanol–water partition coefficient (Wildman–Crippen LogP) is 2.98. The number of nitrogens with zero attached hydrogens (tertiary/aromatic N) is 5. The summed E-state index contributed by atoms with van der Waals surface area (Å²) < 4.78 is 4.37.